The summed E-state index contributed by atoms with van der Waals surface area (Å²) in [4.78, 5) is 27.2. The second kappa shape index (κ2) is 7.17. The van der Waals surface area contributed by atoms with Crippen LogP contribution in [0.5, 0.6) is 0 Å². The summed E-state index contributed by atoms with van der Waals surface area (Å²) in [7, 11) is 1.73. The fourth-order valence-corrected chi connectivity index (χ4v) is 2.70. The topological polar surface area (TPSA) is 53.8 Å². The van der Waals surface area contributed by atoms with Crippen LogP contribution >= 0.6 is 0 Å². The number of carbonyl (C=O) groups is 2. The molecule has 0 atom stereocenters. The second-order valence-electron chi connectivity index (χ2n) is 5.85. The molecular formula is C19H20N2O3. The Balaban J connectivity index is 1.59. The second-order valence-corrected chi connectivity index (χ2v) is 5.85. The van der Waals surface area contributed by atoms with Crippen LogP contribution in [0.4, 0.5) is 5.69 Å². The highest BCUT2D eigenvalue weighted by Gasteiger charge is 2.21. The van der Waals surface area contributed by atoms with Gasteiger partial charge in [0.05, 0.1) is 12.8 Å². The van der Waals surface area contributed by atoms with Crippen molar-refractivity contribution in [3.8, 4) is 0 Å². The van der Waals surface area contributed by atoms with Gasteiger partial charge in [0.1, 0.15) is 5.76 Å². The Hall–Kier alpha value is -2.82. The molecule has 1 saturated heterocycles. The van der Waals surface area contributed by atoms with Crippen molar-refractivity contribution in [1.82, 2.24) is 4.90 Å². The fraction of sp³-hybridized carbons (Fsp3) is 0.263. The molecule has 1 fully saturated rings. The first-order valence-electron chi connectivity index (χ1n) is 7.99. The minimum Gasteiger partial charge on any atom is -0.467 e. The van der Waals surface area contributed by atoms with Gasteiger partial charge in [0.15, 0.2) is 0 Å². The number of likely N-dealkylation sites (N-methyl/N-ethyl adjacent to an activating group) is 1. The third-order valence-electron chi connectivity index (χ3n) is 4.05. The lowest BCUT2D eigenvalue weighted by Gasteiger charge is -2.15. The van der Waals surface area contributed by atoms with E-state index in [4.69, 9.17) is 4.42 Å². The lowest BCUT2D eigenvalue weighted by atomic mass is 10.2. The Labute approximate surface area is 141 Å². The van der Waals surface area contributed by atoms with Crippen molar-refractivity contribution in [1.29, 1.82) is 0 Å². The van der Waals surface area contributed by atoms with Gasteiger partial charge in [0.25, 0.3) is 0 Å². The van der Waals surface area contributed by atoms with Gasteiger partial charge in [-0.25, -0.2) is 0 Å². The summed E-state index contributed by atoms with van der Waals surface area (Å²) in [6.07, 6.45) is 6.45. The van der Waals surface area contributed by atoms with Crippen LogP contribution in [0.3, 0.4) is 0 Å². The summed E-state index contributed by atoms with van der Waals surface area (Å²) >= 11 is 0. The molecule has 0 N–H and O–H groups in total. The zero-order valence-corrected chi connectivity index (χ0v) is 13.6. The maximum atomic E-state index is 12.1. The summed E-state index contributed by atoms with van der Waals surface area (Å²) in [6, 6.07) is 11.3. The van der Waals surface area contributed by atoms with E-state index in [2.05, 4.69) is 0 Å². The van der Waals surface area contributed by atoms with Crippen molar-refractivity contribution in [3.05, 3.63) is 60.1 Å². The molecule has 2 amide bonds. The SMILES string of the molecule is CN(Cc1ccco1)C(=O)/C=C/c1ccc(N2CCCC2=O)cc1. The number of rotatable bonds is 5. The van der Waals surface area contributed by atoms with Crippen molar-refractivity contribution >= 4 is 23.6 Å². The predicted molar refractivity (Wildman–Crippen MR) is 92.2 cm³/mol. The Morgan fingerprint density at radius 1 is 1.29 bits per heavy atom. The van der Waals surface area contributed by atoms with Crippen molar-refractivity contribution in [2.75, 3.05) is 18.5 Å². The molecule has 0 saturated carbocycles. The normalized spacial score (nSPS) is 14.5. The number of carbonyl (C=O) groups excluding carboxylic acids is 2. The van der Waals surface area contributed by atoms with Crippen LogP contribution in [-0.4, -0.2) is 30.3 Å². The Bertz CT molecular complexity index is 732. The van der Waals surface area contributed by atoms with Crippen LogP contribution < -0.4 is 4.90 Å². The van der Waals surface area contributed by atoms with Crippen molar-refractivity contribution in [2.24, 2.45) is 0 Å². The van der Waals surface area contributed by atoms with Gasteiger partial charge in [-0.05, 0) is 42.3 Å². The average Bonchev–Trinajstić information content (AvgIpc) is 3.24. The molecule has 1 aromatic carbocycles. The van der Waals surface area contributed by atoms with E-state index < -0.39 is 0 Å². The summed E-state index contributed by atoms with van der Waals surface area (Å²) < 4.78 is 5.24. The van der Waals surface area contributed by atoms with Gasteiger partial charge in [0.2, 0.25) is 11.8 Å². The number of anilines is 1. The third kappa shape index (κ3) is 3.74. The quantitative estimate of drug-likeness (QED) is 0.794. The van der Waals surface area contributed by atoms with Crippen molar-refractivity contribution in [3.63, 3.8) is 0 Å². The summed E-state index contributed by atoms with van der Waals surface area (Å²) in [5, 5.41) is 0. The van der Waals surface area contributed by atoms with Gasteiger partial charge >= 0.3 is 0 Å². The van der Waals surface area contributed by atoms with Gasteiger partial charge in [-0.15, -0.1) is 0 Å². The van der Waals surface area contributed by atoms with Gasteiger partial charge in [-0.1, -0.05) is 12.1 Å². The molecule has 0 bridgehead atoms. The van der Waals surface area contributed by atoms with Crippen LogP contribution in [0.25, 0.3) is 6.08 Å². The first-order chi connectivity index (χ1) is 11.6. The number of furan rings is 1. The van der Waals surface area contributed by atoms with Crippen LogP contribution in [0.2, 0.25) is 0 Å². The molecule has 0 radical (unpaired) electrons. The van der Waals surface area contributed by atoms with E-state index >= 15 is 0 Å². The van der Waals surface area contributed by atoms with Crippen LogP contribution in [0.1, 0.15) is 24.2 Å². The molecule has 5 nitrogen and oxygen atoms in total. The van der Waals surface area contributed by atoms with Crippen molar-refractivity contribution < 1.29 is 14.0 Å². The van der Waals surface area contributed by atoms with E-state index in [0.717, 1.165) is 30.0 Å². The van der Waals surface area contributed by atoms with E-state index in [1.165, 1.54) is 0 Å². The zero-order valence-electron chi connectivity index (χ0n) is 13.6. The Morgan fingerprint density at radius 3 is 2.71 bits per heavy atom. The number of nitrogens with zero attached hydrogens (tertiary/aromatic N) is 2. The lowest BCUT2D eigenvalue weighted by molar-refractivity contribution is -0.125. The molecule has 1 aliphatic heterocycles. The summed E-state index contributed by atoms with van der Waals surface area (Å²) in [6.45, 7) is 1.22. The maximum Gasteiger partial charge on any atom is 0.246 e. The average molecular weight is 324 g/mol. The monoisotopic (exact) mass is 324 g/mol. The van der Waals surface area contributed by atoms with Gasteiger partial charge < -0.3 is 14.2 Å². The van der Waals surface area contributed by atoms with Crippen LogP contribution in [0, 0.1) is 0 Å². The highest BCUT2D eigenvalue weighted by atomic mass is 16.3. The van der Waals surface area contributed by atoms with Gasteiger partial charge in [-0.2, -0.15) is 0 Å². The molecule has 5 heteroatoms. The first-order valence-corrected chi connectivity index (χ1v) is 7.99. The molecule has 1 aromatic heterocycles. The largest absolute Gasteiger partial charge is 0.467 e. The number of hydrogen-bond acceptors (Lipinski definition) is 3. The molecular weight excluding hydrogens is 304 g/mol. The van der Waals surface area contributed by atoms with E-state index in [1.54, 1.807) is 41.3 Å². The third-order valence-corrected chi connectivity index (χ3v) is 4.05. The minimum atomic E-state index is -0.0924. The molecule has 0 aliphatic carbocycles. The highest BCUT2D eigenvalue weighted by Crippen LogP contribution is 2.21. The van der Waals surface area contributed by atoms with E-state index in [-0.39, 0.29) is 11.8 Å². The Morgan fingerprint density at radius 2 is 2.08 bits per heavy atom. The molecule has 2 aromatic rings. The Kier molecular flexibility index (Phi) is 4.79. The van der Waals surface area contributed by atoms with E-state index in [0.29, 0.717) is 13.0 Å². The van der Waals surface area contributed by atoms with Gasteiger partial charge in [-0.3, -0.25) is 9.59 Å². The molecule has 2 heterocycles. The van der Waals surface area contributed by atoms with E-state index in [1.807, 2.05) is 30.3 Å². The smallest absolute Gasteiger partial charge is 0.246 e. The standard InChI is InChI=1S/C19H20N2O3/c1-20(14-17-4-3-13-24-17)18(22)11-8-15-6-9-16(10-7-15)21-12-2-5-19(21)23/h3-4,6-11,13H,2,5,12,14H2,1H3/b11-8+. The summed E-state index contributed by atoms with van der Waals surface area (Å²) in [5.41, 5.74) is 1.83. The summed E-state index contributed by atoms with van der Waals surface area (Å²) in [5.74, 6) is 0.831. The number of hydrogen-bond donors (Lipinski definition) is 0. The molecule has 0 unspecified atom stereocenters. The number of benzene rings is 1. The fourth-order valence-electron chi connectivity index (χ4n) is 2.70. The lowest BCUT2D eigenvalue weighted by Crippen LogP contribution is -2.23. The molecule has 1 aliphatic rings. The molecule has 24 heavy (non-hydrogen) atoms. The highest BCUT2D eigenvalue weighted by molar-refractivity contribution is 5.95. The predicted octanol–water partition coefficient (Wildman–Crippen LogP) is 3.08. The van der Waals surface area contributed by atoms with Crippen LogP contribution in [-0.2, 0) is 16.1 Å². The molecule has 124 valence electrons. The molecule has 0 spiro atoms. The first kappa shape index (κ1) is 16.1. The van der Waals surface area contributed by atoms with E-state index in [9.17, 15) is 9.59 Å². The maximum absolute atomic E-state index is 12.1. The van der Waals surface area contributed by atoms with Gasteiger partial charge in [0, 0.05) is 31.8 Å². The van der Waals surface area contributed by atoms with Crippen molar-refractivity contribution in [2.45, 2.75) is 19.4 Å². The van der Waals surface area contributed by atoms with Crippen LogP contribution in [0.15, 0.2) is 53.2 Å². The molecule has 3 rings (SSSR count). The number of amides is 2. The zero-order chi connectivity index (χ0) is 16.9. The minimum absolute atomic E-state index is 0.0924.